The Morgan fingerprint density at radius 2 is 1.73 bits per heavy atom. The number of carbonyl (C=O) groups is 2. The van der Waals surface area contributed by atoms with Crippen molar-refractivity contribution in [3.63, 3.8) is 0 Å². The molecule has 0 atom stereocenters. The molecular weight excluding hydrogens is 422 g/mol. The van der Waals surface area contributed by atoms with Gasteiger partial charge in [0.2, 0.25) is 11.9 Å². The minimum absolute atomic E-state index is 0.197. The highest BCUT2D eigenvalue weighted by Gasteiger charge is 2.16. The van der Waals surface area contributed by atoms with Crippen LogP contribution in [0.1, 0.15) is 20.7 Å². The summed E-state index contributed by atoms with van der Waals surface area (Å²) in [6.45, 7) is 0. The highest BCUT2D eigenvalue weighted by Crippen LogP contribution is 2.22. The molecule has 0 saturated heterocycles. The second-order valence-electron chi connectivity index (χ2n) is 6.96. The maximum atomic E-state index is 12.8. The zero-order chi connectivity index (χ0) is 22.6. The van der Waals surface area contributed by atoms with E-state index in [1.807, 2.05) is 18.2 Å². The van der Waals surface area contributed by atoms with Crippen LogP contribution < -0.4 is 15.4 Å². The van der Waals surface area contributed by atoms with Gasteiger partial charge in [-0.2, -0.15) is 0 Å². The third kappa shape index (κ3) is 4.39. The number of imidazole rings is 2. The molecule has 0 saturated carbocycles. The molecule has 10 nitrogen and oxygen atoms in total. The third-order valence-electron chi connectivity index (χ3n) is 4.67. The summed E-state index contributed by atoms with van der Waals surface area (Å²) in [6, 6.07) is 15.9. The Balaban J connectivity index is 1.34. The molecule has 4 N–H and O–H groups in total. The van der Waals surface area contributed by atoms with Crippen molar-refractivity contribution >= 4 is 34.7 Å². The molecule has 2 aromatic carbocycles. The number of hydrogen-bond donors (Lipinski definition) is 4. The number of ether oxygens (including phenoxy) is 1. The van der Waals surface area contributed by atoms with Gasteiger partial charge in [0.25, 0.3) is 11.8 Å². The van der Waals surface area contributed by atoms with E-state index in [2.05, 4.69) is 35.6 Å². The molecule has 0 unspecified atom stereocenters. The number of pyridine rings is 1. The molecule has 10 heteroatoms. The molecule has 0 aliphatic rings. The quantitative estimate of drug-likeness (QED) is 0.316. The number of aromatic amines is 2. The lowest BCUT2D eigenvalue weighted by Crippen LogP contribution is -2.14. The van der Waals surface area contributed by atoms with Crippen LogP contribution in [-0.4, -0.2) is 36.7 Å². The molecule has 5 rings (SSSR count). The fourth-order valence-corrected chi connectivity index (χ4v) is 3.19. The molecule has 0 spiro atoms. The first-order valence-corrected chi connectivity index (χ1v) is 9.94. The molecule has 0 radical (unpaired) electrons. The maximum absolute atomic E-state index is 12.8. The van der Waals surface area contributed by atoms with Crippen molar-refractivity contribution in [2.24, 2.45) is 0 Å². The molecule has 33 heavy (non-hydrogen) atoms. The molecule has 5 aromatic rings. The van der Waals surface area contributed by atoms with Gasteiger partial charge in [-0.15, -0.1) is 0 Å². The summed E-state index contributed by atoms with van der Waals surface area (Å²) in [7, 11) is 0. The number of para-hydroxylation sites is 2. The number of aromatic nitrogens is 5. The zero-order valence-electron chi connectivity index (χ0n) is 17.1. The predicted molar refractivity (Wildman–Crippen MR) is 121 cm³/mol. The number of carbonyl (C=O) groups excluding carboxylic acids is 2. The van der Waals surface area contributed by atoms with Crippen LogP contribution in [0, 0.1) is 0 Å². The minimum Gasteiger partial charge on any atom is -0.456 e. The molecule has 0 aliphatic heterocycles. The second-order valence-corrected chi connectivity index (χ2v) is 6.96. The van der Waals surface area contributed by atoms with Gasteiger partial charge in [-0.1, -0.05) is 24.3 Å². The van der Waals surface area contributed by atoms with Crippen LogP contribution in [0.15, 0.2) is 79.4 Å². The van der Waals surface area contributed by atoms with Crippen LogP contribution in [0.25, 0.3) is 11.0 Å². The van der Waals surface area contributed by atoms with Gasteiger partial charge in [0.05, 0.1) is 22.8 Å². The monoisotopic (exact) mass is 439 g/mol. The molecule has 3 heterocycles. The van der Waals surface area contributed by atoms with E-state index in [0.717, 1.165) is 0 Å². The number of rotatable bonds is 6. The highest BCUT2D eigenvalue weighted by atomic mass is 16.5. The summed E-state index contributed by atoms with van der Waals surface area (Å²) in [5.41, 5.74) is 1.63. The number of amides is 2. The van der Waals surface area contributed by atoms with E-state index in [-0.39, 0.29) is 11.9 Å². The molecule has 2 amide bonds. The van der Waals surface area contributed by atoms with Crippen LogP contribution in [0.3, 0.4) is 0 Å². The number of H-pyrrole nitrogens is 2. The summed E-state index contributed by atoms with van der Waals surface area (Å²) in [6.07, 6.45) is 6.09. The number of anilines is 2. The van der Waals surface area contributed by atoms with E-state index in [4.69, 9.17) is 4.74 Å². The highest BCUT2D eigenvalue weighted by molar-refractivity contribution is 6.11. The van der Waals surface area contributed by atoms with Crippen LogP contribution in [0.4, 0.5) is 11.9 Å². The van der Waals surface area contributed by atoms with Gasteiger partial charge < -0.3 is 14.7 Å². The molecule has 0 aliphatic carbocycles. The third-order valence-corrected chi connectivity index (χ3v) is 4.67. The standard InChI is InChI=1S/C23H17N7O3/c31-20(14-11-16(13-24-12-14)33-15-5-2-1-3-6-15)29-23-27-18-8-4-7-17(19(18)28-23)21(32)30-22-25-9-10-26-22/h1-13H,(H2,25,26,30,32)(H2,27,28,29,31). The SMILES string of the molecule is O=C(Nc1nc2c(C(=O)Nc3ncc[nH]3)cccc2[nH]1)c1cncc(Oc2ccccc2)c1. The van der Waals surface area contributed by atoms with Gasteiger partial charge >= 0.3 is 0 Å². The number of benzene rings is 2. The van der Waals surface area contributed by atoms with E-state index < -0.39 is 5.91 Å². The Morgan fingerprint density at radius 3 is 2.55 bits per heavy atom. The first-order chi connectivity index (χ1) is 16.2. The Labute approximate surface area is 187 Å². The second kappa shape index (κ2) is 8.63. The van der Waals surface area contributed by atoms with Crippen molar-refractivity contribution in [1.29, 1.82) is 0 Å². The average molecular weight is 439 g/mol. The molecule has 0 bridgehead atoms. The van der Waals surface area contributed by atoms with Crippen LogP contribution in [-0.2, 0) is 0 Å². The van der Waals surface area contributed by atoms with E-state index >= 15 is 0 Å². The summed E-state index contributed by atoms with van der Waals surface area (Å²) in [4.78, 5) is 43.7. The van der Waals surface area contributed by atoms with Gasteiger partial charge in [-0.25, -0.2) is 9.97 Å². The van der Waals surface area contributed by atoms with Crippen molar-refractivity contribution in [1.82, 2.24) is 24.9 Å². The fraction of sp³-hybridized carbons (Fsp3) is 0. The number of nitrogens with one attached hydrogen (secondary N) is 4. The Hall–Kier alpha value is -4.99. The van der Waals surface area contributed by atoms with Crippen LogP contribution in [0.5, 0.6) is 11.5 Å². The van der Waals surface area contributed by atoms with Gasteiger partial charge in [-0.05, 0) is 30.3 Å². The maximum Gasteiger partial charge on any atom is 0.260 e. The Kier molecular flexibility index (Phi) is 5.22. The van der Waals surface area contributed by atoms with Crippen LogP contribution >= 0.6 is 0 Å². The number of fused-ring (bicyclic) bond motifs is 1. The van der Waals surface area contributed by atoms with Gasteiger partial charge in [-0.3, -0.25) is 25.2 Å². The lowest BCUT2D eigenvalue weighted by molar-refractivity contribution is 0.101. The van der Waals surface area contributed by atoms with Crippen molar-refractivity contribution in [3.8, 4) is 11.5 Å². The van der Waals surface area contributed by atoms with Crippen molar-refractivity contribution in [2.45, 2.75) is 0 Å². The van der Waals surface area contributed by atoms with Crippen molar-refractivity contribution in [2.75, 3.05) is 10.6 Å². The summed E-state index contributed by atoms with van der Waals surface area (Å²) in [5, 5.41) is 5.36. The first kappa shape index (κ1) is 19.9. The molecule has 3 aromatic heterocycles. The van der Waals surface area contributed by atoms with Crippen LogP contribution in [0.2, 0.25) is 0 Å². The van der Waals surface area contributed by atoms with Gasteiger partial charge in [0.15, 0.2) is 0 Å². The van der Waals surface area contributed by atoms with Crippen molar-refractivity contribution < 1.29 is 14.3 Å². The summed E-state index contributed by atoms with van der Waals surface area (Å²) >= 11 is 0. The molecular formula is C23H17N7O3. The molecule has 0 fully saturated rings. The zero-order valence-corrected chi connectivity index (χ0v) is 17.1. The van der Waals surface area contributed by atoms with Gasteiger partial charge in [0, 0.05) is 18.6 Å². The van der Waals surface area contributed by atoms with E-state index in [0.29, 0.717) is 39.6 Å². The normalized spacial score (nSPS) is 10.7. The number of nitrogens with zero attached hydrogens (tertiary/aromatic N) is 3. The number of hydrogen-bond acceptors (Lipinski definition) is 6. The van der Waals surface area contributed by atoms with Gasteiger partial charge in [0.1, 0.15) is 17.0 Å². The fourth-order valence-electron chi connectivity index (χ4n) is 3.19. The predicted octanol–water partition coefficient (Wildman–Crippen LogP) is 3.98. The van der Waals surface area contributed by atoms with E-state index in [9.17, 15) is 9.59 Å². The van der Waals surface area contributed by atoms with E-state index in [1.165, 1.54) is 18.6 Å². The lowest BCUT2D eigenvalue weighted by atomic mass is 10.2. The smallest absolute Gasteiger partial charge is 0.260 e. The summed E-state index contributed by atoms with van der Waals surface area (Å²) < 4.78 is 5.73. The summed E-state index contributed by atoms with van der Waals surface area (Å²) in [5.74, 6) is 0.773. The molecule has 162 valence electrons. The Morgan fingerprint density at radius 1 is 0.879 bits per heavy atom. The Bertz CT molecular complexity index is 1430. The largest absolute Gasteiger partial charge is 0.456 e. The first-order valence-electron chi connectivity index (χ1n) is 9.94. The van der Waals surface area contributed by atoms with E-state index in [1.54, 1.807) is 42.6 Å². The topological polar surface area (TPSA) is 138 Å². The minimum atomic E-state index is -0.429. The lowest BCUT2D eigenvalue weighted by Gasteiger charge is -2.07. The van der Waals surface area contributed by atoms with Crippen molar-refractivity contribution in [3.05, 3.63) is 90.5 Å². The average Bonchev–Trinajstić information content (AvgIpc) is 3.49.